The molecule has 1 aromatic heterocycles. The van der Waals surface area contributed by atoms with Crippen LogP contribution >= 0.6 is 0 Å². The molecule has 0 aliphatic heterocycles. The van der Waals surface area contributed by atoms with E-state index in [1.54, 1.807) is 0 Å². The van der Waals surface area contributed by atoms with Crippen molar-refractivity contribution in [1.29, 1.82) is 0 Å². The topological polar surface area (TPSA) is 66.9 Å². The van der Waals surface area contributed by atoms with Crippen LogP contribution in [-0.2, 0) is 0 Å². The third-order valence-corrected chi connectivity index (χ3v) is 6.10. The van der Waals surface area contributed by atoms with E-state index < -0.39 is 0 Å². The number of aryl methyl sites for hydroxylation is 1. The zero-order valence-corrected chi connectivity index (χ0v) is 18.9. The van der Waals surface area contributed by atoms with Gasteiger partial charge in [0.25, 0.3) is 5.91 Å². The van der Waals surface area contributed by atoms with Gasteiger partial charge in [-0.2, -0.15) is 0 Å². The van der Waals surface area contributed by atoms with Gasteiger partial charge in [-0.15, -0.1) is 0 Å². The van der Waals surface area contributed by atoms with E-state index in [4.69, 9.17) is 9.97 Å². The highest BCUT2D eigenvalue weighted by atomic mass is 16.1. The maximum Gasteiger partial charge on any atom is 0.251 e. The summed E-state index contributed by atoms with van der Waals surface area (Å²) in [5, 5.41) is 7.98. The number of hydrogen-bond acceptors (Lipinski definition) is 4. The number of anilines is 1. The van der Waals surface area contributed by atoms with Crippen LogP contribution in [0.1, 0.15) is 67.2 Å². The van der Waals surface area contributed by atoms with E-state index in [0.717, 1.165) is 59.4 Å². The normalized spacial score (nSPS) is 18.8. The fraction of sp³-hybridized carbons (Fsp3) is 0.400. The third kappa shape index (κ3) is 5.06. The Labute approximate surface area is 185 Å². The minimum absolute atomic E-state index is 0.0234. The van der Waals surface area contributed by atoms with Gasteiger partial charge >= 0.3 is 0 Å². The number of nitrogens with zero attached hydrogens (tertiary/aromatic N) is 2. The molecule has 6 heteroatoms. The Kier molecular flexibility index (Phi) is 6.26. The monoisotopic (exact) mass is 414 g/mol. The van der Waals surface area contributed by atoms with Crippen molar-refractivity contribution in [3.63, 3.8) is 0 Å². The van der Waals surface area contributed by atoms with E-state index in [1.165, 1.54) is 5.46 Å². The maximum atomic E-state index is 12.5. The van der Waals surface area contributed by atoms with E-state index in [0.29, 0.717) is 6.04 Å². The van der Waals surface area contributed by atoms with Crippen LogP contribution in [0, 0.1) is 6.92 Å². The van der Waals surface area contributed by atoms with Gasteiger partial charge in [0.15, 0.2) is 0 Å². The maximum absolute atomic E-state index is 12.5. The van der Waals surface area contributed by atoms with Crippen molar-refractivity contribution >= 4 is 35.9 Å². The zero-order valence-electron chi connectivity index (χ0n) is 18.9. The molecule has 1 amide bonds. The van der Waals surface area contributed by atoms with E-state index in [1.807, 2.05) is 31.2 Å². The number of benzene rings is 2. The van der Waals surface area contributed by atoms with Crippen molar-refractivity contribution in [2.75, 3.05) is 5.32 Å². The molecule has 4 rings (SSSR count). The summed E-state index contributed by atoms with van der Waals surface area (Å²) in [6, 6.07) is 14.7. The molecule has 2 N–H and O–H groups in total. The van der Waals surface area contributed by atoms with Crippen LogP contribution in [0.25, 0.3) is 10.9 Å². The van der Waals surface area contributed by atoms with E-state index in [9.17, 15) is 4.79 Å². The average Bonchev–Trinajstić information content (AvgIpc) is 2.75. The third-order valence-electron chi connectivity index (χ3n) is 6.10. The molecule has 5 nitrogen and oxygen atoms in total. The van der Waals surface area contributed by atoms with Gasteiger partial charge in [0.2, 0.25) is 0 Å². The molecule has 0 unspecified atom stereocenters. The molecule has 1 aliphatic carbocycles. The quantitative estimate of drug-likeness (QED) is 0.628. The van der Waals surface area contributed by atoms with Crippen molar-refractivity contribution in [1.82, 2.24) is 15.3 Å². The Bertz CT molecular complexity index is 1070. The molecule has 1 fully saturated rings. The van der Waals surface area contributed by atoms with Gasteiger partial charge in [0.05, 0.1) is 5.52 Å². The molecular formula is C25H31BN4O. The largest absolute Gasteiger partial charge is 0.367 e. The molecule has 0 saturated heterocycles. The summed E-state index contributed by atoms with van der Waals surface area (Å²) in [5.74, 6) is 2.11. The summed E-state index contributed by atoms with van der Waals surface area (Å²) in [6.07, 6.45) is 3.95. The number of carbonyl (C=O) groups excluding carboxylic acids is 1. The number of amides is 1. The van der Waals surface area contributed by atoms with Crippen molar-refractivity contribution in [2.24, 2.45) is 0 Å². The molecule has 1 aliphatic rings. The lowest BCUT2D eigenvalue weighted by Gasteiger charge is -2.30. The van der Waals surface area contributed by atoms with Crippen molar-refractivity contribution in [3.8, 4) is 0 Å². The highest BCUT2D eigenvalue weighted by molar-refractivity contribution is 6.33. The molecule has 0 spiro atoms. The molecule has 1 saturated carbocycles. The highest BCUT2D eigenvalue weighted by Gasteiger charge is 2.24. The number of aromatic nitrogens is 2. The van der Waals surface area contributed by atoms with E-state index in [-0.39, 0.29) is 17.9 Å². The van der Waals surface area contributed by atoms with Crippen LogP contribution in [0.3, 0.4) is 0 Å². The summed E-state index contributed by atoms with van der Waals surface area (Å²) in [5.41, 5.74) is 4.09. The van der Waals surface area contributed by atoms with Crippen molar-refractivity contribution < 1.29 is 4.79 Å². The zero-order chi connectivity index (χ0) is 22.0. The molecular weight excluding hydrogens is 383 g/mol. The second-order valence-electron chi connectivity index (χ2n) is 9.14. The van der Waals surface area contributed by atoms with Crippen LogP contribution in [-0.4, -0.2) is 35.8 Å². The van der Waals surface area contributed by atoms with Crippen LogP contribution < -0.4 is 16.1 Å². The summed E-state index contributed by atoms with van der Waals surface area (Å²) in [7, 11) is 2.10. The lowest BCUT2D eigenvalue weighted by atomic mass is 9.90. The Balaban J connectivity index is 1.42. The number of fused-ring (bicyclic) bond motifs is 1. The fourth-order valence-corrected chi connectivity index (χ4v) is 4.18. The van der Waals surface area contributed by atoms with Gasteiger partial charge < -0.3 is 10.6 Å². The fourth-order valence-electron chi connectivity index (χ4n) is 4.18. The first-order valence-electron chi connectivity index (χ1n) is 11.3. The van der Waals surface area contributed by atoms with Crippen LogP contribution in [0.2, 0.25) is 0 Å². The molecule has 0 radical (unpaired) electrons. The predicted molar refractivity (Wildman–Crippen MR) is 130 cm³/mol. The first-order chi connectivity index (χ1) is 14.9. The standard InChI is InChI=1S/C25H31BN4O/c1-15(2)23-29-22-13-8-18(26)14-21(22)24(30-23)27-19-9-11-20(12-10-19)28-25(31)17-6-4-16(3)5-7-17/h4-8,13-15,19-20H,9-12,26H2,1-3H3,(H,28,31)(H,27,29,30). The lowest BCUT2D eigenvalue weighted by molar-refractivity contribution is 0.0926. The number of hydrogen-bond donors (Lipinski definition) is 2. The summed E-state index contributed by atoms with van der Waals surface area (Å²) >= 11 is 0. The first kappa shape index (κ1) is 21.4. The number of rotatable bonds is 5. The van der Waals surface area contributed by atoms with Gasteiger partial charge in [-0.05, 0) is 50.8 Å². The van der Waals surface area contributed by atoms with Gasteiger partial charge in [-0.1, -0.05) is 49.1 Å². The Morgan fingerprint density at radius 1 is 1.00 bits per heavy atom. The van der Waals surface area contributed by atoms with Crippen LogP contribution in [0.15, 0.2) is 42.5 Å². The van der Waals surface area contributed by atoms with Crippen LogP contribution in [0.5, 0.6) is 0 Å². The number of carbonyl (C=O) groups is 1. The predicted octanol–water partition coefficient (Wildman–Crippen LogP) is 3.47. The Morgan fingerprint density at radius 2 is 1.68 bits per heavy atom. The van der Waals surface area contributed by atoms with E-state index >= 15 is 0 Å². The highest BCUT2D eigenvalue weighted by Crippen LogP contribution is 2.27. The molecule has 2 aromatic carbocycles. The summed E-state index contributed by atoms with van der Waals surface area (Å²) in [6.45, 7) is 6.28. The Hall–Kier alpha value is -2.89. The van der Waals surface area contributed by atoms with Crippen molar-refractivity contribution in [2.45, 2.75) is 64.5 Å². The molecule has 31 heavy (non-hydrogen) atoms. The smallest absolute Gasteiger partial charge is 0.251 e. The minimum atomic E-state index is 0.0234. The van der Waals surface area contributed by atoms with Gasteiger partial charge in [0, 0.05) is 29.0 Å². The van der Waals surface area contributed by atoms with Gasteiger partial charge in [-0.25, -0.2) is 9.97 Å². The first-order valence-corrected chi connectivity index (χ1v) is 11.3. The van der Waals surface area contributed by atoms with Gasteiger partial charge in [-0.3, -0.25) is 4.79 Å². The SMILES string of the molecule is Bc1ccc2nc(C(C)C)nc(NC3CCC(NC(=O)c4ccc(C)cc4)CC3)c2c1. The minimum Gasteiger partial charge on any atom is -0.367 e. The molecule has 0 atom stereocenters. The Morgan fingerprint density at radius 3 is 2.35 bits per heavy atom. The average molecular weight is 414 g/mol. The molecule has 0 bridgehead atoms. The molecule has 1 heterocycles. The molecule has 160 valence electrons. The summed E-state index contributed by atoms with van der Waals surface area (Å²) < 4.78 is 0. The van der Waals surface area contributed by atoms with Crippen LogP contribution in [0.4, 0.5) is 5.82 Å². The molecule has 3 aromatic rings. The summed E-state index contributed by atoms with van der Waals surface area (Å²) in [4.78, 5) is 22.1. The van der Waals surface area contributed by atoms with Gasteiger partial charge in [0.1, 0.15) is 19.5 Å². The van der Waals surface area contributed by atoms with Crippen molar-refractivity contribution in [3.05, 3.63) is 59.4 Å². The second-order valence-corrected chi connectivity index (χ2v) is 9.14. The van der Waals surface area contributed by atoms with E-state index in [2.05, 4.69) is 50.5 Å². The number of nitrogens with one attached hydrogen (secondary N) is 2. The lowest BCUT2D eigenvalue weighted by Crippen LogP contribution is -2.40. The second kappa shape index (κ2) is 9.09.